The predicted octanol–water partition coefficient (Wildman–Crippen LogP) is 0.901. The lowest BCUT2D eigenvalue weighted by Crippen LogP contribution is -2.08. The van der Waals surface area contributed by atoms with Gasteiger partial charge in [0.25, 0.3) is 0 Å². The predicted molar refractivity (Wildman–Crippen MR) is 64.4 cm³/mol. The first-order valence-corrected chi connectivity index (χ1v) is 4.91. The van der Waals surface area contributed by atoms with Gasteiger partial charge in [-0.25, -0.2) is 9.78 Å². The number of fused-ring (bicyclic) bond motifs is 3. The van der Waals surface area contributed by atoms with Crippen molar-refractivity contribution in [3.05, 3.63) is 34.7 Å². The lowest BCUT2D eigenvalue weighted by atomic mass is 10.2. The van der Waals surface area contributed by atoms with Gasteiger partial charge in [0.1, 0.15) is 16.8 Å². The molecule has 0 radical (unpaired) electrons. The Balaban J connectivity index is 2.70. The molecule has 0 atom stereocenters. The number of rotatable bonds is 0. The third-order valence-electron chi connectivity index (χ3n) is 2.50. The van der Waals surface area contributed by atoms with Crippen LogP contribution in [0.2, 0.25) is 0 Å². The van der Waals surface area contributed by atoms with Crippen LogP contribution in [0.1, 0.15) is 0 Å². The zero-order valence-electron chi connectivity index (χ0n) is 8.68. The molecule has 6 heteroatoms. The van der Waals surface area contributed by atoms with Gasteiger partial charge >= 0.3 is 5.63 Å². The Labute approximate surface area is 94.9 Å². The van der Waals surface area contributed by atoms with E-state index in [0.717, 1.165) is 0 Å². The molecule has 1 aromatic carbocycles. The molecule has 0 aliphatic carbocycles. The maximum atomic E-state index is 11.8. The van der Waals surface area contributed by atoms with Crippen molar-refractivity contribution in [1.29, 1.82) is 0 Å². The van der Waals surface area contributed by atoms with Gasteiger partial charge in [0, 0.05) is 5.39 Å². The molecule has 6 nitrogen and oxygen atoms in total. The molecule has 2 heterocycles. The summed E-state index contributed by atoms with van der Waals surface area (Å²) in [6.07, 6.45) is 0. The number of hydrogen-bond donors (Lipinski definition) is 2. The summed E-state index contributed by atoms with van der Waals surface area (Å²) in [7, 11) is 0. The van der Waals surface area contributed by atoms with E-state index in [9.17, 15) is 4.79 Å². The Morgan fingerprint density at radius 2 is 1.88 bits per heavy atom. The topological polar surface area (TPSA) is 108 Å². The fourth-order valence-electron chi connectivity index (χ4n) is 1.79. The van der Waals surface area contributed by atoms with Crippen LogP contribution in [0.4, 0.5) is 11.8 Å². The van der Waals surface area contributed by atoms with Crippen molar-refractivity contribution >= 4 is 33.6 Å². The highest BCUT2D eigenvalue weighted by atomic mass is 16.4. The second kappa shape index (κ2) is 3.18. The lowest BCUT2D eigenvalue weighted by Gasteiger charge is -2.03. The molecule has 0 amide bonds. The third kappa shape index (κ3) is 1.31. The molecular formula is C11H8N4O2. The van der Waals surface area contributed by atoms with Gasteiger partial charge in [-0.2, -0.15) is 4.98 Å². The zero-order valence-corrected chi connectivity index (χ0v) is 8.68. The van der Waals surface area contributed by atoms with Crippen molar-refractivity contribution in [1.82, 2.24) is 9.97 Å². The number of para-hydroxylation sites is 1. The van der Waals surface area contributed by atoms with Crippen molar-refractivity contribution in [3.63, 3.8) is 0 Å². The highest BCUT2D eigenvalue weighted by molar-refractivity contribution is 6.05. The Morgan fingerprint density at radius 1 is 1.12 bits per heavy atom. The third-order valence-corrected chi connectivity index (χ3v) is 2.50. The molecule has 3 aromatic rings. The van der Waals surface area contributed by atoms with E-state index in [2.05, 4.69) is 9.97 Å². The van der Waals surface area contributed by atoms with E-state index < -0.39 is 5.63 Å². The highest BCUT2D eigenvalue weighted by Gasteiger charge is 2.12. The molecule has 0 aliphatic heterocycles. The highest BCUT2D eigenvalue weighted by Crippen LogP contribution is 2.23. The molecule has 0 saturated heterocycles. The number of aromatic nitrogens is 2. The summed E-state index contributed by atoms with van der Waals surface area (Å²) in [4.78, 5) is 19.6. The number of anilines is 2. The largest absolute Gasteiger partial charge is 0.422 e. The second-order valence-electron chi connectivity index (χ2n) is 3.58. The van der Waals surface area contributed by atoms with Crippen molar-refractivity contribution in [2.24, 2.45) is 0 Å². The molecule has 0 aliphatic rings. The van der Waals surface area contributed by atoms with E-state index in [0.29, 0.717) is 16.5 Å². The van der Waals surface area contributed by atoms with E-state index in [1.54, 1.807) is 18.2 Å². The van der Waals surface area contributed by atoms with Crippen molar-refractivity contribution in [2.75, 3.05) is 11.5 Å². The van der Waals surface area contributed by atoms with Crippen LogP contribution in [-0.2, 0) is 0 Å². The van der Waals surface area contributed by atoms with E-state index in [1.807, 2.05) is 6.07 Å². The van der Waals surface area contributed by atoms with Gasteiger partial charge in [-0.3, -0.25) is 0 Å². The average Bonchev–Trinajstić information content (AvgIpc) is 2.28. The smallest absolute Gasteiger partial charge is 0.349 e. The second-order valence-corrected chi connectivity index (χ2v) is 3.58. The summed E-state index contributed by atoms with van der Waals surface area (Å²) in [6.45, 7) is 0. The summed E-state index contributed by atoms with van der Waals surface area (Å²) in [5, 5.41) is 0.848. The molecular weight excluding hydrogens is 220 g/mol. The van der Waals surface area contributed by atoms with E-state index in [4.69, 9.17) is 15.9 Å². The van der Waals surface area contributed by atoms with Gasteiger partial charge in [0.2, 0.25) is 5.95 Å². The van der Waals surface area contributed by atoms with Gasteiger partial charge in [0.15, 0.2) is 0 Å². The lowest BCUT2D eigenvalue weighted by molar-refractivity contribution is 0.569. The fourth-order valence-corrected chi connectivity index (χ4v) is 1.79. The molecule has 0 fully saturated rings. The first kappa shape index (κ1) is 9.59. The molecule has 0 unspecified atom stereocenters. The summed E-state index contributed by atoms with van der Waals surface area (Å²) >= 11 is 0. The first-order valence-electron chi connectivity index (χ1n) is 4.91. The zero-order chi connectivity index (χ0) is 12.0. The molecule has 0 bridgehead atoms. The molecule has 84 valence electrons. The van der Waals surface area contributed by atoms with Crippen LogP contribution in [0.15, 0.2) is 33.5 Å². The molecule has 0 spiro atoms. The molecule has 0 saturated carbocycles. The fraction of sp³-hybridized carbons (Fsp3) is 0. The average molecular weight is 228 g/mol. The first-order chi connectivity index (χ1) is 8.16. The normalized spacial score (nSPS) is 11.1. The van der Waals surface area contributed by atoms with Gasteiger partial charge in [-0.05, 0) is 12.1 Å². The molecule has 2 aromatic heterocycles. The van der Waals surface area contributed by atoms with Crippen molar-refractivity contribution in [2.45, 2.75) is 0 Å². The monoisotopic (exact) mass is 228 g/mol. The van der Waals surface area contributed by atoms with Crippen LogP contribution in [0.5, 0.6) is 0 Å². The minimum atomic E-state index is -0.559. The maximum absolute atomic E-state index is 11.8. The summed E-state index contributed by atoms with van der Waals surface area (Å²) in [5.41, 5.74) is 11.5. The summed E-state index contributed by atoms with van der Waals surface area (Å²) in [6, 6.07) is 7.05. The summed E-state index contributed by atoms with van der Waals surface area (Å²) in [5.74, 6) is 0.0674. The SMILES string of the molecule is Nc1nc(N)c2c(=O)oc3ccccc3c2n1. The van der Waals surface area contributed by atoms with Crippen LogP contribution in [0.3, 0.4) is 0 Å². The molecule has 3 rings (SSSR count). The minimum Gasteiger partial charge on any atom is -0.422 e. The van der Waals surface area contributed by atoms with Crippen LogP contribution >= 0.6 is 0 Å². The molecule has 17 heavy (non-hydrogen) atoms. The van der Waals surface area contributed by atoms with Crippen LogP contribution in [0.25, 0.3) is 21.9 Å². The Hall–Kier alpha value is -2.63. The van der Waals surface area contributed by atoms with E-state index in [-0.39, 0.29) is 17.2 Å². The molecule has 4 N–H and O–H groups in total. The number of nitrogens with two attached hydrogens (primary N) is 2. The number of hydrogen-bond acceptors (Lipinski definition) is 6. The van der Waals surface area contributed by atoms with Crippen LogP contribution < -0.4 is 17.1 Å². The van der Waals surface area contributed by atoms with E-state index in [1.165, 1.54) is 0 Å². The van der Waals surface area contributed by atoms with E-state index >= 15 is 0 Å². The van der Waals surface area contributed by atoms with Crippen LogP contribution in [-0.4, -0.2) is 9.97 Å². The number of nitrogens with zero attached hydrogens (tertiary/aromatic N) is 2. The van der Waals surface area contributed by atoms with Gasteiger partial charge < -0.3 is 15.9 Å². The number of benzene rings is 1. The Morgan fingerprint density at radius 3 is 2.71 bits per heavy atom. The van der Waals surface area contributed by atoms with Gasteiger partial charge in [-0.1, -0.05) is 12.1 Å². The Bertz CT molecular complexity index is 794. The number of nitrogen functional groups attached to an aromatic ring is 2. The van der Waals surface area contributed by atoms with Crippen LogP contribution in [0, 0.1) is 0 Å². The van der Waals surface area contributed by atoms with Crippen molar-refractivity contribution < 1.29 is 4.42 Å². The summed E-state index contributed by atoms with van der Waals surface area (Å²) < 4.78 is 5.14. The van der Waals surface area contributed by atoms with Gasteiger partial charge in [0.05, 0.1) is 5.52 Å². The minimum absolute atomic E-state index is 0.0331. The maximum Gasteiger partial charge on any atom is 0.349 e. The quantitative estimate of drug-likeness (QED) is 0.437. The standard InChI is InChI=1S/C11H8N4O2/c12-9-7-8(14-11(13)15-9)5-3-1-2-4-6(5)17-10(7)16/h1-4H,(H4,12,13,14,15). The van der Waals surface area contributed by atoms with Gasteiger partial charge in [-0.15, -0.1) is 0 Å². The Kier molecular flexibility index (Phi) is 1.79. The van der Waals surface area contributed by atoms with Crippen molar-refractivity contribution in [3.8, 4) is 0 Å².